The Hall–Kier alpha value is -4.30. The number of rotatable bonds is 12. The summed E-state index contributed by atoms with van der Waals surface area (Å²) in [7, 11) is -4.53. The summed E-state index contributed by atoms with van der Waals surface area (Å²) < 4.78 is 47.0. The van der Waals surface area contributed by atoms with Gasteiger partial charge < -0.3 is 27.8 Å². The summed E-state index contributed by atoms with van der Waals surface area (Å²) >= 11 is 0. The van der Waals surface area contributed by atoms with Gasteiger partial charge in [-0.15, -0.1) is 0 Å². The van der Waals surface area contributed by atoms with Crippen LogP contribution in [0.4, 0.5) is 0 Å². The number of phosphoric acid groups is 1. The zero-order valence-electron chi connectivity index (χ0n) is 21.1. The maximum atomic E-state index is 14.2. The van der Waals surface area contributed by atoms with Gasteiger partial charge in [0, 0.05) is 37.5 Å². The van der Waals surface area contributed by atoms with Gasteiger partial charge in [0.1, 0.15) is 37.1 Å². The zero-order chi connectivity index (χ0) is 27.5. The van der Waals surface area contributed by atoms with E-state index in [2.05, 4.69) is 0 Å². The summed E-state index contributed by atoms with van der Waals surface area (Å²) in [6.45, 7) is 3.37. The van der Waals surface area contributed by atoms with Gasteiger partial charge in [0.2, 0.25) is 0 Å². The normalized spacial score (nSPS) is 10.7. The molecule has 3 rings (SSSR count). The molecule has 0 aliphatic heterocycles. The first-order valence-corrected chi connectivity index (χ1v) is 12.9. The van der Waals surface area contributed by atoms with Crippen molar-refractivity contribution in [3.8, 4) is 17.2 Å². The highest BCUT2D eigenvalue weighted by Crippen LogP contribution is 2.51. The molecule has 0 aliphatic carbocycles. The third-order valence-corrected chi connectivity index (χ3v) is 6.10. The summed E-state index contributed by atoms with van der Waals surface area (Å²) in [5, 5.41) is 0. The van der Waals surface area contributed by atoms with Crippen molar-refractivity contribution >= 4 is 25.7 Å². The van der Waals surface area contributed by atoms with Crippen LogP contribution in [0.1, 0.15) is 37.5 Å². The maximum absolute atomic E-state index is 14.2. The molecule has 0 aliphatic rings. The highest BCUT2D eigenvalue weighted by molar-refractivity contribution is 7.49. The van der Waals surface area contributed by atoms with Crippen LogP contribution in [0.25, 0.3) is 0 Å². The molecule has 0 radical (unpaired) electrons. The van der Waals surface area contributed by atoms with E-state index in [1.54, 1.807) is 54.6 Å². The van der Waals surface area contributed by atoms with Gasteiger partial charge in [0.15, 0.2) is 0 Å². The average molecular weight is 542 g/mol. The molecule has 3 aromatic carbocycles. The van der Waals surface area contributed by atoms with E-state index < -0.39 is 25.7 Å². The van der Waals surface area contributed by atoms with Gasteiger partial charge >= 0.3 is 25.7 Å². The number of esters is 3. The van der Waals surface area contributed by atoms with E-state index in [0.717, 1.165) is 0 Å². The molecule has 3 aromatic rings. The van der Waals surface area contributed by atoms with E-state index in [9.17, 15) is 18.9 Å². The fraction of sp³-hybridized carbons (Fsp3) is 0.222. The van der Waals surface area contributed by atoms with Crippen molar-refractivity contribution in [2.75, 3.05) is 0 Å². The largest absolute Gasteiger partial charge is 0.647 e. The Morgan fingerprint density at radius 2 is 0.789 bits per heavy atom. The van der Waals surface area contributed by atoms with Gasteiger partial charge in [-0.05, 0) is 18.2 Å². The Labute approximate surface area is 220 Å². The van der Waals surface area contributed by atoms with Crippen LogP contribution in [-0.2, 0) is 53.0 Å². The number of hydrogen-bond acceptors (Lipinski definition) is 10. The minimum atomic E-state index is -4.53. The molecule has 0 aromatic heterocycles. The van der Waals surface area contributed by atoms with Gasteiger partial charge in [-0.3, -0.25) is 14.4 Å². The second kappa shape index (κ2) is 13.3. The summed E-state index contributed by atoms with van der Waals surface area (Å²) in [5.74, 6) is -1.25. The summed E-state index contributed by atoms with van der Waals surface area (Å²) in [6.07, 6.45) is 0. The molecule has 0 spiro atoms. The molecule has 0 heterocycles. The minimum Gasteiger partial charge on any atom is -0.461 e. The molecule has 0 fully saturated rings. The number of benzene rings is 3. The standard InChI is InChI=1S/C27H27O10P/c1-19(28)32-16-22-10-4-7-13-25(22)35-38(31,36-26-14-8-5-11-23(26)17-33-20(2)29)37-27-15-9-6-12-24(27)18-34-21(3)30/h4-15H,16-18H2,1-3H3. The second-order valence-electron chi connectivity index (χ2n) is 7.89. The van der Waals surface area contributed by atoms with Crippen LogP contribution in [0.3, 0.4) is 0 Å². The molecule has 0 saturated carbocycles. The van der Waals surface area contributed by atoms with Crippen LogP contribution in [0.5, 0.6) is 17.2 Å². The molecular formula is C27H27O10P. The van der Waals surface area contributed by atoms with E-state index in [-0.39, 0.29) is 37.1 Å². The number of phosphoric ester groups is 1. The molecule has 38 heavy (non-hydrogen) atoms. The average Bonchev–Trinajstić information content (AvgIpc) is 2.87. The van der Waals surface area contributed by atoms with Crippen molar-refractivity contribution in [1.29, 1.82) is 0 Å². The van der Waals surface area contributed by atoms with Crippen molar-refractivity contribution in [3.05, 3.63) is 89.5 Å². The third kappa shape index (κ3) is 8.67. The van der Waals surface area contributed by atoms with Crippen molar-refractivity contribution in [1.82, 2.24) is 0 Å². The number of ether oxygens (including phenoxy) is 3. The summed E-state index contributed by atoms with van der Waals surface area (Å²) in [6, 6.07) is 19.5. The molecule has 11 heteroatoms. The van der Waals surface area contributed by atoms with E-state index in [4.69, 9.17) is 27.8 Å². The molecule has 0 unspecified atom stereocenters. The third-order valence-electron chi connectivity index (χ3n) is 4.84. The lowest BCUT2D eigenvalue weighted by atomic mass is 10.2. The van der Waals surface area contributed by atoms with Gasteiger partial charge in [0.05, 0.1) is 0 Å². The van der Waals surface area contributed by atoms with Crippen LogP contribution in [0.15, 0.2) is 72.8 Å². The zero-order valence-corrected chi connectivity index (χ0v) is 22.0. The molecular weight excluding hydrogens is 515 g/mol. The lowest BCUT2D eigenvalue weighted by molar-refractivity contribution is -0.143. The molecule has 0 amide bonds. The van der Waals surface area contributed by atoms with Gasteiger partial charge in [-0.1, -0.05) is 54.6 Å². The highest BCUT2D eigenvalue weighted by atomic mass is 31.2. The lowest BCUT2D eigenvalue weighted by Gasteiger charge is -2.23. The molecule has 0 N–H and O–H groups in total. The Morgan fingerprint density at radius 1 is 0.526 bits per heavy atom. The van der Waals surface area contributed by atoms with Gasteiger partial charge in [-0.2, -0.15) is 4.57 Å². The smallest absolute Gasteiger partial charge is 0.461 e. The van der Waals surface area contributed by atoms with Crippen molar-refractivity contribution < 1.29 is 46.7 Å². The van der Waals surface area contributed by atoms with Gasteiger partial charge in [-0.25, -0.2) is 0 Å². The lowest BCUT2D eigenvalue weighted by Crippen LogP contribution is -2.12. The van der Waals surface area contributed by atoms with Crippen LogP contribution in [0, 0.1) is 0 Å². The molecule has 0 atom stereocenters. The van der Waals surface area contributed by atoms with Crippen LogP contribution in [-0.4, -0.2) is 17.9 Å². The highest BCUT2D eigenvalue weighted by Gasteiger charge is 2.35. The molecule has 10 nitrogen and oxygen atoms in total. The summed E-state index contributed by atoms with van der Waals surface area (Å²) in [4.78, 5) is 34.1. The second-order valence-corrected chi connectivity index (χ2v) is 9.33. The topological polar surface area (TPSA) is 124 Å². The number of carbonyl (C=O) groups excluding carboxylic acids is 3. The van der Waals surface area contributed by atoms with Crippen molar-refractivity contribution in [2.24, 2.45) is 0 Å². The number of para-hydroxylation sites is 3. The SMILES string of the molecule is CC(=O)OCc1ccccc1OP(=O)(Oc1ccccc1COC(C)=O)Oc1ccccc1COC(C)=O. The van der Waals surface area contributed by atoms with Crippen LogP contribution < -0.4 is 13.6 Å². The Morgan fingerprint density at radius 3 is 1.05 bits per heavy atom. The Bertz CT molecular complexity index is 1180. The number of hydrogen-bond donors (Lipinski definition) is 0. The van der Waals surface area contributed by atoms with E-state index in [0.29, 0.717) is 16.7 Å². The van der Waals surface area contributed by atoms with E-state index in [1.165, 1.54) is 39.0 Å². The first kappa shape index (κ1) is 28.3. The maximum Gasteiger partial charge on any atom is 0.647 e. The Balaban J connectivity index is 2.00. The summed E-state index contributed by atoms with van der Waals surface area (Å²) in [5.41, 5.74) is 1.24. The van der Waals surface area contributed by atoms with Crippen LogP contribution in [0.2, 0.25) is 0 Å². The fourth-order valence-corrected chi connectivity index (χ4v) is 4.46. The monoisotopic (exact) mass is 542 g/mol. The van der Waals surface area contributed by atoms with E-state index in [1.807, 2.05) is 0 Å². The Kier molecular flexibility index (Phi) is 9.90. The van der Waals surface area contributed by atoms with E-state index >= 15 is 0 Å². The fourth-order valence-electron chi connectivity index (χ4n) is 3.09. The van der Waals surface area contributed by atoms with Crippen LogP contribution >= 0.6 is 7.82 Å². The molecule has 200 valence electrons. The first-order chi connectivity index (χ1) is 18.1. The first-order valence-electron chi connectivity index (χ1n) is 11.5. The molecule has 0 bridgehead atoms. The predicted molar refractivity (Wildman–Crippen MR) is 135 cm³/mol. The van der Waals surface area contributed by atoms with Crippen molar-refractivity contribution in [2.45, 2.75) is 40.6 Å². The predicted octanol–water partition coefficient (Wildman–Crippen LogP) is 5.52. The minimum absolute atomic E-state index is 0.0898. The molecule has 0 saturated heterocycles. The van der Waals surface area contributed by atoms with Gasteiger partial charge in [0.25, 0.3) is 0 Å². The quantitative estimate of drug-likeness (QED) is 0.164. The van der Waals surface area contributed by atoms with Crippen molar-refractivity contribution in [3.63, 3.8) is 0 Å². The number of carbonyl (C=O) groups is 3.